The summed E-state index contributed by atoms with van der Waals surface area (Å²) in [4.78, 5) is 4.58. The highest BCUT2D eigenvalue weighted by Crippen LogP contribution is 2.23. The molecule has 0 aliphatic carbocycles. The molecule has 2 heterocycles. The maximum atomic E-state index is 9.06. The Morgan fingerprint density at radius 3 is 3.25 bits per heavy atom. The zero-order valence-corrected chi connectivity index (χ0v) is 10.5. The van der Waals surface area contributed by atoms with Crippen LogP contribution in [0.3, 0.4) is 0 Å². The van der Waals surface area contributed by atoms with Crippen molar-refractivity contribution in [1.82, 2.24) is 4.98 Å². The van der Waals surface area contributed by atoms with Crippen LogP contribution in [0.1, 0.15) is 36.4 Å². The van der Waals surface area contributed by atoms with Crippen LogP contribution in [0.2, 0.25) is 0 Å². The Morgan fingerprint density at radius 2 is 2.56 bits per heavy atom. The number of aliphatic hydroxyl groups is 1. The molecule has 1 aromatic rings. The third kappa shape index (κ3) is 3.03. The quantitative estimate of drug-likeness (QED) is 0.879. The molecule has 0 radical (unpaired) electrons. The Labute approximate surface area is 100 Å². The van der Waals surface area contributed by atoms with Gasteiger partial charge in [-0.15, -0.1) is 11.3 Å². The van der Waals surface area contributed by atoms with Crippen molar-refractivity contribution in [2.45, 2.75) is 32.1 Å². The van der Waals surface area contributed by atoms with Gasteiger partial charge < -0.3 is 9.84 Å². The van der Waals surface area contributed by atoms with Crippen LogP contribution in [0.5, 0.6) is 0 Å². The van der Waals surface area contributed by atoms with Gasteiger partial charge in [0.2, 0.25) is 0 Å². The zero-order chi connectivity index (χ0) is 11.4. The fourth-order valence-corrected chi connectivity index (χ4v) is 2.99. The molecule has 2 atom stereocenters. The number of aliphatic hydroxyl groups excluding tert-OH is 1. The van der Waals surface area contributed by atoms with E-state index in [0.29, 0.717) is 5.92 Å². The van der Waals surface area contributed by atoms with Crippen molar-refractivity contribution in [2.24, 2.45) is 5.92 Å². The largest absolute Gasteiger partial charge is 0.396 e. The van der Waals surface area contributed by atoms with E-state index in [1.54, 1.807) is 11.3 Å². The van der Waals surface area contributed by atoms with Crippen molar-refractivity contribution >= 4 is 11.3 Å². The number of thiazole rings is 1. The Balaban J connectivity index is 1.91. The van der Waals surface area contributed by atoms with Gasteiger partial charge in [-0.05, 0) is 18.8 Å². The van der Waals surface area contributed by atoms with E-state index in [4.69, 9.17) is 9.84 Å². The monoisotopic (exact) mass is 241 g/mol. The first-order valence-corrected chi connectivity index (χ1v) is 6.80. The molecular formula is C12H19NO2S. The molecule has 0 amide bonds. The van der Waals surface area contributed by atoms with Crippen LogP contribution in [0.15, 0.2) is 5.38 Å². The highest BCUT2D eigenvalue weighted by Gasteiger charge is 2.17. The minimum Gasteiger partial charge on any atom is -0.396 e. The van der Waals surface area contributed by atoms with Crippen molar-refractivity contribution in [3.05, 3.63) is 16.1 Å². The number of hydrogen-bond donors (Lipinski definition) is 1. The predicted molar refractivity (Wildman–Crippen MR) is 64.9 cm³/mol. The average Bonchev–Trinajstić information content (AvgIpc) is 2.78. The van der Waals surface area contributed by atoms with Gasteiger partial charge in [0.1, 0.15) is 0 Å². The second-order valence-electron chi connectivity index (χ2n) is 4.54. The van der Waals surface area contributed by atoms with E-state index in [2.05, 4.69) is 10.4 Å². The SMILES string of the molecule is CC(CO)c1csc(CC2CCCOC2)n1. The van der Waals surface area contributed by atoms with Crippen molar-refractivity contribution in [2.75, 3.05) is 19.8 Å². The standard InChI is InChI=1S/C12H19NO2S/c1-9(6-14)11-8-16-12(13-11)5-10-3-2-4-15-7-10/h8-10,14H,2-7H2,1H3. The Kier molecular flexibility index (Phi) is 4.32. The van der Waals surface area contributed by atoms with Crippen molar-refractivity contribution in [3.8, 4) is 0 Å². The third-order valence-electron chi connectivity index (χ3n) is 3.07. The number of rotatable bonds is 4. The molecule has 1 N–H and O–H groups in total. The summed E-state index contributed by atoms with van der Waals surface area (Å²) in [5.41, 5.74) is 1.03. The summed E-state index contributed by atoms with van der Waals surface area (Å²) in [6.45, 7) is 3.98. The van der Waals surface area contributed by atoms with Crippen LogP contribution in [0, 0.1) is 5.92 Å². The van der Waals surface area contributed by atoms with E-state index < -0.39 is 0 Å². The van der Waals surface area contributed by atoms with E-state index in [1.807, 2.05) is 6.92 Å². The molecule has 90 valence electrons. The average molecular weight is 241 g/mol. The lowest BCUT2D eigenvalue weighted by Crippen LogP contribution is -2.19. The summed E-state index contributed by atoms with van der Waals surface area (Å²) in [7, 11) is 0. The second-order valence-corrected chi connectivity index (χ2v) is 5.48. The van der Waals surface area contributed by atoms with Gasteiger partial charge in [-0.3, -0.25) is 0 Å². The molecule has 4 heteroatoms. The Bertz CT molecular complexity index is 321. The number of aromatic nitrogens is 1. The molecule has 1 aliphatic rings. The molecule has 0 bridgehead atoms. The fourth-order valence-electron chi connectivity index (χ4n) is 1.95. The normalized spacial score (nSPS) is 23.2. The summed E-state index contributed by atoms with van der Waals surface area (Å²) in [6.07, 6.45) is 3.46. The first kappa shape index (κ1) is 12.0. The molecule has 1 fully saturated rings. The van der Waals surface area contributed by atoms with Crippen LogP contribution < -0.4 is 0 Å². The van der Waals surface area contributed by atoms with Gasteiger partial charge in [0.05, 0.1) is 17.3 Å². The first-order chi connectivity index (χ1) is 7.79. The van der Waals surface area contributed by atoms with Gasteiger partial charge in [-0.2, -0.15) is 0 Å². The molecule has 0 aromatic carbocycles. The highest BCUT2D eigenvalue weighted by atomic mass is 32.1. The molecule has 0 saturated carbocycles. The van der Waals surface area contributed by atoms with Gasteiger partial charge in [0, 0.05) is 30.9 Å². The molecular weight excluding hydrogens is 222 g/mol. The van der Waals surface area contributed by atoms with Crippen molar-refractivity contribution in [3.63, 3.8) is 0 Å². The maximum absolute atomic E-state index is 9.06. The van der Waals surface area contributed by atoms with E-state index in [0.717, 1.165) is 25.3 Å². The van der Waals surface area contributed by atoms with Crippen LogP contribution >= 0.6 is 11.3 Å². The van der Waals surface area contributed by atoms with E-state index in [9.17, 15) is 0 Å². The summed E-state index contributed by atoms with van der Waals surface area (Å²) in [6, 6.07) is 0. The smallest absolute Gasteiger partial charge is 0.0932 e. The van der Waals surface area contributed by atoms with Crippen LogP contribution in [0.4, 0.5) is 0 Å². The van der Waals surface area contributed by atoms with Crippen molar-refractivity contribution < 1.29 is 9.84 Å². The summed E-state index contributed by atoms with van der Waals surface area (Å²) >= 11 is 1.71. The number of ether oxygens (including phenoxy) is 1. The van der Waals surface area contributed by atoms with Crippen molar-refractivity contribution in [1.29, 1.82) is 0 Å². The van der Waals surface area contributed by atoms with Crippen LogP contribution in [0.25, 0.3) is 0 Å². The maximum Gasteiger partial charge on any atom is 0.0932 e. The number of nitrogens with zero attached hydrogens (tertiary/aromatic N) is 1. The molecule has 3 nitrogen and oxygen atoms in total. The third-order valence-corrected chi connectivity index (χ3v) is 3.96. The lowest BCUT2D eigenvalue weighted by Gasteiger charge is -2.20. The molecule has 1 saturated heterocycles. The fraction of sp³-hybridized carbons (Fsp3) is 0.750. The van der Waals surface area contributed by atoms with E-state index in [1.165, 1.54) is 17.8 Å². The van der Waals surface area contributed by atoms with Gasteiger partial charge >= 0.3 is 0 Å². The summed E-state index contributed by atoms with van der Waals surface area (Å²) < 4.78 is 5.47. The Morgan fingerprint density at radius 1 is 1.69 bits per heavy atom. The molecule has 2 rings (SSSR count). The lowest BCUT2D eigenvalue weighted by molar-refractivity contribution is 0.0550. The van der Waals surface area contributed by atoms with Gasteiger partial charge in [-0.1, -0.05) is 6.92 Å². The van der Waals surface area contributed by atoms with E-state index >= 15 is 0 Å². The summed E-state index contributed by atoms with van der Waals surface area (Å²) in [5, 5.41) is 12.3. The number of hydrogen-bond acceptors (Lipinski definition) is 4. The predicted octanol–water partition coefficient (Wildman–Crippen LogP) is 2.21. The minimum absolute atomic E-state index is 0.160. The molecule has 16 heavy (non-hydrogen) atoms. The topological polar surface area (TPSA) is 42.4 Å². The minimum atomic E-state index is 0.160. The second kappa shape index (κ2) is 5.75. The van der Waals surface area contributed by atoms with Gasteiger partial charge in [0.25, 0.3) is 0 Å². The Hall–Kier alpha value is -0.450. The summed E-state index contributed by atoms with van der Waals surface area (Å²) in [5.74, 6) is 0.796. The zero-order valence-electron chi connectivity index (χ0n) is 9.69. The highest BCUT2D eigenvalue weighted by molar-refractivity contribution is 7.09. The molecule has 2 unspecified atom stereocenters. The lowest BCUT2D eigenvalue weighted by atomic mass is 9.99. The van der Waals surface area contributed by atoms with E-state index in [-0.39, 0.29) is 12.5 Å². The molecule has 1 aromatic heterocycles. The van der Waals surface area contributed by atoms with Crippen LogP contribution in [-0.4, -0.2) is 29.9 Å². The van der Waals surface area contributed by atoms with Gasteiger partial charge in [0.15, 0.2) is 0 Å². The first-order valence-electron chi connectivity index (χ1n) is 5.92. The molecule has 0 spiro atoms. The van der Waals surface area contributed by atoms with Gasteiger partial charge in [-0.25, -0.2) is 4.98 Å². The molecule has 1 aliphatic heterocycles. The van der Waals surface area contributed by atoms with Crippen LogP contribution in [-0.2, 0) is 11.2 Å².